The number of benzene rings is 1. The van der Waals surface area contributed by atoms with E-state index in [2.05, 4.69) is 20.4 Å². The molecule has 0 saturated heterocycles. The van der Waals surface area contributed by atoms with Gasteiger partial charge in [0.2, 0.25) is 5.95 Å². The van der Waals surface area contributed by atoms with Crippen LogP contribution < -0.4 is 5.32 Å². The van der Waals surface area contributed by atoms with Gasteiger partial charge in [-0.3, -0.25) is 4.98 Å². The Balaban J connectivity index is 1.87. The number of rotatable bonds is 3. The number of nitrogens with one attached hydrogen (secondary N) is 1. The molecule has 0 amide bonds. The van der Waals surface area contributed by atoms with Crippen LogP contribution in [0.1, 0.15) is 0 Å². The van der Waals surface area contributed by atoms with Crippen molar-refractivity contribution in [1.82, 2.24) is 19.6 Å². The molecule has 102 valence electrons. The van der Waals surface area contributed by atoms with E-state index >= 15 is 0 Å². The zero-order chi connectivity index (χ0) is 14.2. The van der Waals surface area contributed by atoms with Gasteiger partial charge >= 0.3 is 0 Å². The summed E-state index contributed by atoms with van der Waals surface area (Å²) < 4.78 is 24.3. The summed E-state index contributed by atoms with van der Waals surface area (Å²) in [6, 6.07) is 6.41. The smallest absolute Gasteiger partial charge is 0.247 e. The summed E-state index contributed by atoms with van der Waals surface area (Å²) in [5, 5.41) is 7.22. The van der Waals surface area contributed by atoms with Crippen LogP contribution in [-0.4, -0.2) is 34.3 Å². The van der Waals surface area contributed by atoms with Gasteiger partial charge in [-0.25, -0.2) is 12.9 Å². The standard InChI is InChI=1S/C12H11N5O2S/c1-20(18,19)10-4-2-9(3-5-10)14-12-15-11-8-13-6-7-17(11)16-12/h2-8H,1H3,(H,14,16). The van der Waals surface area contributed by atoms with Gasteiger partial charge in [0, 0.05) is 24.3 Å². The lowest BCUT2D eigenvalue weighted by Gasteiger charge is -2.02. The molecule has 20 heavy (non-hydrogen) atoms. The number of anilines is 2. The minimum atomic E-state index is -3.18. The van der Waals surface area contributed by atoms with Crippen molar-refractivity contribution in [3.8, 4) is 0 Å². The molecule has 1 N–H and O–H groups in total. The summed E-state index contributed by atoms with van der Waals surface area (Å²) in [4.78, 5) is 8.47. The van der Waals surface area contributed by atoms with Crippen molar-refractivity contribution in [1.29, 1.82) is 0 Å². The largest absolute Gasteiger partial charge is 0.323 e. The second-order valence-electron chi connectivity index (χ2n) is 4.24. The third kappa shape index (κ3) is 2.45. The fraction of sp³-hybridized carbons (Fsp3) is 0.0833. The maximum atomic E-state index is 11.4. The molecular formula is C12H11N5O2S. The van der Waals surface area contributed by atoms with Gasteiger partial charge in [-0.1, -0.05) is 0 Å². The highest BCUT2D eigenvalue weighted by molar-refractivity contribution is 7.90. The van der Waals surface area contributed by atoms with Gasteiger partial charge in [-0.2, -0.15) is 4.98 Å². The summed E-state index contributed by atoms with van der Waals surface area (Å²) in [5.41, 5.74) is 1.34. The SMILES string of the molecule is CS(=O)(=O)c1ccc(Nc2nc3cnccn3n2)cc1. The molecule has 2 heterocycles. The molecule has 0 saturated carbocycles. The first-order valence-corrected chi connectivity index (χ1v) is 7.65. The Labute approximate surface area is 115 Å². The highest BCUT2D eigenvalue weighted by atomic mass is 32.2. The Morgan fingerprint density at radius 2 is 1.95 bits per heavy atom. The van der Waals surface area contributed by atoms with E-state index in [1.54, 1.807) is 35.2 Å². The Hall–Kier alpha value is -2.48. The number of fused-ring (bicyclic) bond motifs is 1. The number of hydrogen-bond acceptors (Lipinski definition) is 6. The van der Waals surface area contributed by atoms with E-state index in [4.69, 9.17) is 0 Å². The molecule has 3 aromatic rings. The number of sulfone groups is 1. The fourth-order valence-corrected chi connectivity index (χ4v) is 2.34. The predicted octanol–water partition coefficient (Wildman–Crippen LogP) is 1.27. The number of aromatic nitrogens is 4. The third-order valence-electron chi connectivity index (χ3n) is 2.68. The first-order valence-electron chi connectivity index (χ1n) is 5.76. The molecule has 0 bridgehead atoms. The molecule has 2 aromatic heterocycles. The monoisotopic (exact) mass is 289 g/mol. The molecule has 3 rings (SSSR count). The van der Waals surface area contributed by atoms with Gasteiger partial charge in [0.1, 0.15) is 0 Å². The van der Waals surface area contributed by atoms with E-state index in [1.165, 1.54) is 18.4 Å². The molecule has 0 unspecified atom stereocenters. The molecule has 0 fully saturated rings. The molecule has 0 aliphatic rings. The molecule has 0 spiro atoms. The minimum Gasteiger partial charge on any atom is -0.323 e. The lowest BCUT2D eigenvalue weighted by atomic mass is 10.3. The highest BCUT2D eigenvalue weighted by Crippen LogP contribution is 2.17. The predicted molar refractivity (Wildman–Crippen MR) is 73.6 cm³/mol. The summed E-state index contributed by atoms with van der Waals surface area (Å²) in [7, 11) is -3.18. The van der Waals surface area contributed by atoms with Crippen LogP contribution in [0.25, 0.3) is 5.65 Å². The second-order valence-corrected chi connectivity index (χ2v) is 6.25. The van der Waals surface area contributed by atoms with Crippen LogP contribution in [0.5, 0.6) is 0 Å². The Morgan fingerprint density at radius 3 is 2.60 bits per heavy atom. The normalized spacial score (nSPS) is 11.7. The lowest BCUT2D eigenvalue weighted by molar-refractivity contribution is 0.602. The lowest BCUT2D eigenvalue weighted by Crippen LogP contribution is -1.98. The third-order valence-corrected chi connectivity index (χ3v) is 3.81. The van der Waals surface area contributed by atoms with Crippen molar-refractivity contribution >= 4 is 27.1 Å². The average Bonchev–Trinajstić information content (AvgIpc) is 2.80. The van der Waals surface area contributed by atoms with E-state index in [1.807, 2.05) is 0 Å². The Kier molecular flexibility index (Phi) is 2.87. The molecule has 8 heteroatoms. The van der Waals surface area contributed by atoms with E-state index in [0.29, 0.717) is 17.3 Å². The van der Waals surface area contributed by atoms with Gasteiger partial charge in [0.25, 0.3) is 0 Å². The van der Waals surface area contributed by atoms with Crippen molar-refractivity contribution < 1.29 is 8.42 Å². The van der Waals surface area contributed by atoms with Crippen molar-refractivity contribution in [3.63, 3.8) is 0 Å². The zero-order valence-electron chi connectivity index (χ0n) is 10.6. The molecule has 0 atom stereocenters. The minimum absolute atomic E-state index is 0.273. The quantitative estimate of drug-likeness (QED) is 0.781. The summed E-state index contributed by atoms with van der Waals surface area (Å²) in [6.07, 6.45) is 6.09. The van der Waals surface area contributed by atoms with E-state index in [9.17, 15) is 8.42 Å². The first-order chi connectivity index (χ1) is 9.52. The van der Waals surface area contributed by atoms with Crippen LogP contribution in [0.2, 0.25) is 0 Å². The molecular weight excluding hydrogens is 278 g/mol. The van der Waals surface area contributed by atoms with Gasteiger partial charge in [0.15, 0.2) is 15.5 Å². The van der Waals surface area contributed by atoms with Gasteiger partial charge in [0.05, 0.1) is 11.1 Å². The molecule has 0 radical (unpaired) electrons. The van der Waals surface area contributed by atoms with Crippen LogP contribution in [0, 0.1) is 0 Å². The van der Waals surface area contributed by atoms with Crippen molar-refractivity contribution in [3.05, 3.63) is 42.9 Å². The average molecular weight is 289 g/mol. The second kappa shape index (κ2) is 4.57. The summed E-state index contributed by atoms with van der Waals surface area (Å²) in [6.45, 7) is 0. The molecule has 0 aliphatic heterocycles. The Morgan fingerprint density at radius 1 is 1.20 bits per heavy atom. The molecule has 7 nitrogen and oxygen atoms in total. The van der Waals surface area contributed by atoms with Crippen molar-refractivity contribution in [2.45, 2.75) is 4.90 Å². The first kappa shape index (κ1) is 12.5. The van der Waals surface area contributed by atoms with Crippen molar-refractivity contribution in [2.75, 3.05) is 11.6 Å². The summed E-state index contributed by atoms with van der Waals surface area (Å²) >= 11 is 0. The Bertz CT molecular complexity index is 822. The molecule has 1 aromatic carbocycles. The van der Waals surface area contributed by atoms with Crippen LogP contribution in [0.4, 0.5) is 11.6 Å². The summed E-state index contributed by atoms with van der Waals surface area (Å²) in [5.74, 6) is 0.421. The zero-order valence-corrected chi connectivity index (χ0v) is 11.4. The van der Waals surface area contributed by atoms with Crippen LogP contribution >= 0.6 is 0 Å². The van der Waals surface area contributed by atoms with Gasteiger partial charge in [-0.05, 0) is 24.3 Å². The topological polar surface area (TPSA) is 89.2 Å². The van der Waals surface area contributed by atoms with Crippen molar-refractivity contribution in [2.24, 2.45) is 0 Å². The van der Waals surface area contributed by atoms with Crippen LogP contribution in [-0.2, 0) is 9.84 Å². The highest BCUT2D eigenvalue weighted by Gasteiger charge is 2.07. The van der Waals surface area contributed by atoms with Gasteiger partial charge in [-0.15, -0.1) is 5.10 Å². The maximum absolute atomic E-state index is 11.4. The van der Waals surface area contributed by atoms with Crippen LogP contribution in [0.3, 0.4) is 0 Å². The van der Waals surface area contributed by atoms with Gasteiger partial charge < -0.3 is 5.32 Å². The maximum Gasteiger partial charge on any atom is 0.247 e. The van der Waals surface area contributed by atoms with E-state index in [-0.39, 0.29) is 4.90 Å². The van der Waals surface area contributed by atoms with E-state index < -0.39 is 9.84 Å². The number of nitrogens with zero attached hydrogens (tertiary/aromatic N) is 4. The molecule has 0 aliphatic carbocycles. The number of hydrogen-bond donors (Lipinski definition) is 1. The van der Waals surface area contributed by atoms with Crippen LogP contribution in [0.15, 0.2) is 47.8 Å². The van der Waals surface area contributed by atoms with E-state index in [0.717, 1.165) is 0 Å². The fourth-order valence-electron chi connectivity index (χ4n) is 1.71.